The molecule has 2 amide bonds. The molecule has 1 unspecified atom stereocenters. The summed E-state index contributed by atoms with van der Waals surface area (Å²) in [7, 11) is 1.53. The van der Waals surface area contributed by atoms with Gasteiger partial charge in [0.1, 0.15) is 0 Å². The number of nitrogens with one attached hydrogen (secondary N) is 1. The molecule has 0 bridgehead atoms. The number of rotatable bonds is 3. The van der Waals surface area contributed by atoms with Crippen molar-refractivity contribution in [3.05, 3.63) is 29.6 Å². The van der Waals surface area contributed by atoms with Crippen molar-refractivity contribution in [2.75, 3.05) is 32.1 Å². The van der Waals surface area contributed by atoms with Crippen LogP contribution in [0.4, 0.5) is 10.6 Å². The van der Waals surface area contributed by atoms with Gasteiger partial charge in [-0.15, -0.1) is 10.2 Å². The lowest BCUT2D eigenvalue weighted by Gasteiger charge is -2.31. The summed E-state index contributed by atoms with van der Waals surface area (Å²) in [5, 5.41) is 10.5. The fourth-order valence-corrected chi connectivity index (χ4v) is 2.40. The third-order valence-electron chi connectivity index (χ3n) is 3.61. The zero-order valence-corrected chi connectivity index (χ0v) is 13.8. The molecule has 1 saturated heterocycles. The number of methoxy groups -OCH3 is 1. The van der Waals surface area contributed by atoms with Crippen molar-refractivity contribution >= 4 is 11.8 Å². The Labute approximate surface area is 139 Å². The molecule has 1 aliphatic rings. The van der Waals surface area contributed by atoms with Gasteiger partial charge in [-0.25, -0.2) is 9.78 Å². The first-order chi connectivity index (χ1) is 11.6. The first-order valence-electron chi connectivity index (χ1n) is 7.56. The Bertz CT molecular complexity index is 732. The molecular formula is C15H19N5O4. The molecule has 1 fully saturated rings. The quantitative estimate of drug-likeness (QED) is 0.911. The summed E-state index contributed by atoms with van der Waals surface area (Å²) in [5.74, 6) is 1.73. The lowest BCUT2D eigenvalue weighted by atomic mass is 10.3. The smallest absolute Gasteiger partial charge is 0.323 e. The van der Waals surface area contributed by atoms with E-state index >= 15 is 0 Å². The minimum atomic E-state index is -0.432. The number of pyridine rings is 1. The SMILES string of the molecule is COc1ccc(C)nc1NC(=O)N1CCOC(c2nnc(C)o2)C1. The van der Waals surface area contributed by atoms with E-state index < -0.39 is 6.10 Å². The van der Waals surface area contributed by atoms with Crippen molar-refractivity contribution in [1.29, 1.82) is 0 Å². The minimum absolute atomic E-state index is 0.282. The van der Waals surface area contributed by atoms with E-state index in [1.807, 2.05) is 13.0 Å². The molecule has 3 rings (SSSR count). The van der Waals surface area contributed by atoms with Crippen molar-refractivity contribution in [3.63, 3.8) is 0 Å². The predicted octanol–water partition coefficient (Wildman–Crippen LogP) is 1.70. The minimum Gasteiger partial charge on any atom is -0.493 e. The number of carbonyl (C=O) groups excluding carboxylic acids is 1. The summed E-state index contributed by atoms with van der Waals surface area (Å²) in [6, 6.07) is 3.30. The van der Waals surface area contributed by atoms with E-state index in [0.717, 1.165) is 5.69 Å². The number of anilines is 1. The number of aryl methyl sites for hydroxylation is 2. The van der Waals surface area contributed by atoms with E-state index in [1.165, 1.54) is 7.11 Å². The third-order valence-corrected chi connectivity index (χ3v) is 3.61. The summed E-state index contributed by atoms with van der Waals surface area (Å²) in [6.07, 6.45) is -0.432. The predicted molar refractivity (Wildman–Crippen MR) is 83.8 cm³/mol. The maximum atomic E-state index is 12.5. The number of carbonyl (C=O) groups is 1. The highest BCUT2D eigenvalue weighted by atomic mass is 16.5. The fourth-order valence-electron chi connectivity index (χ4n) is 2.40. The molecule has 24 heavy (non-hydrogen) atoms. The van der Waals surface area contributed by atoms with Crippen LogP contribution in [-0.2, 0) is 4.74 Å². The Balaban J connectivity index is 1.70. The van der Waals surface area contributed by atoms with Gasteiger partial charge in [-0.1, -0.05) is 0 Å². The van der Waals surface area contributed by atoms with Crippen LogP contribution in [0.1, 0.15) is 23.6 Å². The van der Waals surface area contributed by atoms with E-state index in [2.05, 4.69) is 20.5 Å². The van der Waals surface area contributed by atoms with Crippen molar-refractivity contribution in [2.24, 2.45) is 0 Å². The van der Waals surface area contributed by atoms with Crippen LogP contribution in [0.25, 0.3) is 0 Å². The van der Waals surface area contributed by atoms with E-state index in [9.17, 15) is 4.79 Å². The number of nitrogens with zero attached hydrogens (tertiary/aromatic N) is 4. The monoisotopic (exact) mass is 333 g/mol. The standard InChI is InChI=1S/C15H19N5O4/c1-9-4-5-11(22-3)13(16-9)17-15(21)20-6-7-23-12(8-20)14-19-18-10(2)24-14/h4-5,12H,6-8H2,1-3H3,(H,16,17,21). The van der Waals surface area contributed by atoms with Crippen LogP contribution in [0.15, 0.2) is 16.5 Å². The Kier molecular flexibility index (Phi) is 4.61. The highest BCUT2D eigenvalue weighted by Gasteiger charge is 2.29. The van der Waals surface area contributed by atoms with Crippen molar-refractivity contribution in [3.8, 4) is 5.75 Å². The van der Waals surface area contributed by atoms with Crippen LogP contribution in [0.5, 0.6) is 5.75 Å². The number of amides is 2. The van der Waals surface area contributed by atoms with Gasteiger partial charge >= 0.3 is 6.03 Å². The molecule has 128 valence electrons. The molecule has 9 nitrogen and oxygen atoms in total. The average Bonchev–Trinajstić information content (AvgIpc) is 3.02. The maximum Gasteiger partial charge on any atom is 0.323 e. The van der Waals surface area contributed by atoms with Gasteiger partial charge in [0, 0.05) is 19.2 Å². The molecule has 0 radical (unpaired) electrons. The zero-order chi connectivity index (χ0) is 17.1. The van der Waals surface area contributed by atoms with Gasteiger partial charge in [0.25, 0.3) is 0 Å². The normalized spacial score (nSPS) is 17.6. The number of hydrogen-bond donors (Lipinski definition) is 1. The van der Waals surface area contributed by atoms with E-state index in [1.54, 1.807) is 17.9 Å². The first-order valence-corrected chi connectivity index (χ1v) is 7.56. The molecule has 1 atom stereocenters. The van der Waals surface area contributed by atoms with Gasteiger partial charge in [0.2, 0.25) is 11.8 Å². The molecule has 0 aromatic carbocycles. The van der Waals surface area contributed by atoms with Crippen molar-refractivity contribution in [2.45, 2.75) is 20.0 Å². The molecular weight excluding hydrogens is 314 g/mol. The average molecular weight is 333 g/mol. The van der Waals surface area contributed by atoms with Crippen LogP contribution >= 0.6 is 0 Å². The maximum absolute atomic E-state index is 12.5. The van der Waals surface area contributed by atoms with Crippen molar-refractivity contribution in [1.82, 2.24) is 20.1 Å². The molecule has 9 heteroatoms. The summed E-state index contributed by atoms with van der Waals surface area (Å²) in [4.78, 5) is 18.5. The van der Waals surface area contributed by atoms with Crippen LogP contribution < -0.4 is 10.1 Å². The summed E-state index contributed by atoms with van der Waals surface area (Å²) in [6.45, 7) is 4.72. The number of urea groups is 1. The second-order valence-electron chi connectivity index (χ2n) is 5.40. The van der Waals surface area contributed by atoms with Gasteiger partial charge in [-0.05, 0) is 19.1 Å². The van der Waals surface area contributed by atoms with Gasteiger partial charge in [0.15, 0.2) is 17.7 Å². The molecule has 2 aromatic heterocycles. The van der Waals surface area contributed by atoms with Crippen molar-refractivity contribution < 1.29 is 18.7 Å². The summed E-state index contributed by atoms with van der Waals surface area (Å²) >= 11 is 0. The summed E-state index contributed by atoms with van der Waals surface area (Å²) in [5.41, 5.74) is 0.785. The van der Waals surface area contributed by atoms with Crippen LogP contribution in [0.3, 0.4) is 0 Å². The molecule has 0 aliphatic carbocycles. The van der Waals surface area contributed by atoms with E-state index in [0.29, 0.717) is 43.0 Å². The second-order valence-corrected chi connectivity index (χ2v) is 5.40. The van der Waals surface area contributed by atoms with Crippen LogP contribution in [0.2, 0.25) is 0 Å². The van der Waals surface area contributed by atoms with E-state index in [-0.39, 0.29) is 6.03 Å². The van der Waals surface area contributed by atoms with Crippen LogP contribution in [0, 0.1) is 13.8 Å². The van der Waals surface area contributed by atoms with Gasteiger partial charge in [-0.3, -0.25) is 5.32 Å². The van der Waals surface area contributed by atoms with Gasteiger partial charge in [-0.2, -0.15) is 0 Å². The Morgan fingerprint density at radius 2 is 2.21 bits per heavy atom. The molecule has 0 spiro atoms. The lowest BCUT2D eigenvalue weighted by Crippen LogP contribution is -2.44. The highest BCUT2D eigenvalue weighted by molar-refractivity contribution is 5.89. The number of aromatic nitrogens is 3. The Hall–Kier alpha value is -2.68. The molecule has 1 aliphatic heterocycles. The highest BCUT2D eigenvalue weighted by Crippen LogP contribution is 2.24. The Morgan fingerprint density at radius 3 is 2.92 bits per heavy atom. The second kappa shape index (κ2) is 6.83. The zero-order valence-electron chi connectivity index (χ0n) is 13.8. The number of morpholine rings is 1. The largest absolute Gasteiger partial charge is 0.493 e. The third kappa shape index (κ3) is 3.46. The summed E-state index contributed by atoms with van der Waals surface area (Å²) < 4.78 is 16.2. The lowest BCUT2D eigenvalue weighted by molar-refractivity contribution is -0.0274. The fraction of sp³-hybridized carbons (Fsp3) is 0.467. The van der Waals surface area contributed by atoms with Crippen LogP contribution in [-0.4, -0.2) is 52.9 Å². The molecule has 1 N–H and O–H groups in total. The van der Waals surface area contributed by atoms with Gasteiger partial charge in [0.05, 0.1) is 20.3 Å². The number of ether oxygens (including phenoxy) is 2. The van der Waals surface area contributed by atoms with Gasteiger partial charge < -0.3 is 18.8 Å². The first kappa shape index (κ1) is 16.2. The topological polar surface area (TPSA) is 103 Å². The Morgan fingerprint density at radius 1 is 1.38 bits per heavy atom. The number of hydrogen-bond acceptors (Lipinski definition) is 7. The molecule has 3 heterocycles. The molecule has 2 aromatic rings. The van der Waals surface area contributed by atoms with E-state index in [4.69, 9.17) is 13.9 Å². The molecule has 0 saturated carbocycles.